The van der Waals surface area contributed by atoms with Crippen LogP contribution >= 0.6 is 0 Å². The zero-order valence-corrected chi connectivity index (χ0v) is 17.1. The second kappa shape index (κ2) is 8.61. The molecule has 4 rings (SSSR count). The number of nitrogens with zero attached hydrogens (tertiary/aromatic N) is 3. The van der Waals surface area contributed by atoms with Crippen LogP contribution in [0.5, 0.6) is 0 Å². The van der Waals surface area contributed by atoms with Gasteiger partial charge in [0.25, 0.3) is 5.91 Å². The van der Waals surface area contributed by atoms with E-state index < -0.39 is 10.0 Å². The van der Waals surface area contributed by atoms with Gasteiger partial charge in [0.15, 0.2) is 0 Å². The number of carbonyl (C=O) groups is 1. The first-order chi connectivity index (χ1) is 14.1. The summed E-state index contributed by atoms with van der Waals surface area (Å²) >= 11 is 0. The van der Waals surface area contributed by atoms with Crippen LogP contribution in [0.25, 0.3) is 0 Å². The Kier molecular flexibility index (Phi) is 5.94. The van der Waals surface area contributed by atoms with E-state index in [1.54, 1.807) is 18.3 Å². The topological polar surface area (TPSA) is 79.8 Å². The van der Waals surface area contributed by atoms with Crippen molar-refractivity contribution in [3.8, 4) is 0 Å². The van der Waals surface area contributed by atoms with Crippen LogP contribution in [0.3, 0.4) is 0 Å². The smallest absolute Gasteiger partial charge is 0.254 e. The number of hydrogen-bond acceptors (Lipinski definition) is 5. The maximum absolute atomic E-state index is 13.2. The van der Waals surface area contributed by atoms with E-state index in [4.69, 9.17) is 4.74 Å². The minimum atomic E-state index is -3.56. The Hall–Kier alpha value is -2.29. The monoisotopic (exact) mass is 415 g/mol. The first-order valence-corrected chi connectivity index (χ1v) is 11.4. The van der Waals surface area contributed by atoms with E-state index in [0.717, 1.165) is 24.8 Å². The maximum atomic E-state index is 13.2. The third-order valence-electron chi connectivity index (χ3n) is 5.54. The highest BCUT2D eigenvalue weighted by Crippen LogP contribution is 2.32. The highest BCUT2D eigenvalue weighted by molar-refractivity contribution is 7.89. The molecule has 2 aliphatic heterocycles. The summed E-state index contributed by atoms with van der Waals surface area (Å²) in [4.78, 5) is 19.5. The van der Waals surface area contributed by atoms with Gasteiger partial charge in [0.1, 0.15) is 0 Å². The number of benzene rings is 1. The van der Waals surface area contributed by atoms with Gasteiger partial charge in [-0.3, -0.25) is 9.78 Å². The van der Waals surface area contributed by atoms with Crippen LogP contribution in [0.2, 0.25) is 0 Å². The van der Waals surface area contributed by atoms with Gasteiger partial charge in [-0.2, -0.15) is 4.31 Å². The largest absolute Gasteiger partial charge is 0.379 e. The van der Waals surface area contributed by atoms with Gasteiger partial charge in [0.05, 0.1) is 24.2 Å². The lowest BCUT2D eigenvalue weighted by Gasteiger charge is -2.36. The fourth-order valence-electron chi connectivity index (χ4n) is 3.97. The molecule has 0 unspecified atom stereocenters. The van der Waals surface area contributed by atoms with E-state index in [9.17, 15) is 13.2 Å². The van der Waals surface area contributed by atoms with Crippen molar-refractivity contribution in [3.63, 3.8) is 0 Å². The second-order valence-electron chi connectivity index (χ2n) is 7.34. The number of rotatable bonds is 4. The number of pyridine rings is 1. The molecule has 7 nitrogen and oxygen atoms in total. The molecule has 2 aliphatic rings. The average molecular weight is 416 g/mol. The highest BCUT2D eigenvalue weighted by atomic mass is 32.2. The molecule has 0 aliphatic carbocycles. The van der Waals surface area contributed by atoms with Crippen LogP contribution in [0.15, 0.2) is 53.7 Å². The van der Waals surface area contributed by atoms with Crippen LogP contribution in [0.4, 0.5) is 0 Å². The molecule has 0 saturated carbocycles. The Morgan fingerprint density at radius 1 is 1.03 bits per heavy atom. The van der Waals surface area contributed by atoms with Crippen molar-refractivity contribution in [3.05, 3.63) is 59.9 Å². The highest BCUT2D eigenvalue weighted by Gasteiger charge is 2.30. The van der Waals surface area contributed by atoms with Gasteiger partial charge < -0.3 is 9.64 Å². The molecule has 0 radical (unpaired) electrons. The summed E-state index contributed by atoms with van der Waals surface area (Å²) in [5.74, 6) is -0.0751. The lowest BCUT2D eigenvalue weighted by Crippen LogP contribution is -2.40. The summed E-state index contributed by atoms with van der Waals surface area (Å²) in [6.07, 6.45) is 6.48. The number of hydrogen-bond donors (Lipinski definition) is 0. The van der Waals surface area contributed by atoms with Crippen LogP contribution in [-0.2, 0) is 14.8 Å². The molecule has 1 atom stereocenters. The zero-order valence-electron chi connectivity index (χ0n) is 16.2. The fraction of sp³-hybridized carbons (Fsp3) is 0.429. The van der Waals surface area contributed by atoms with Crippen molar-refractivity contribution >= 4 is 15.9 Å². The molecular formula is C21H25N3O4S. The third kappa shape index (κ3) is 4.19. The lowest BCUT2D eigenvalue weighted by molar-refractivity contribution is 0.0611. The van der Waals surface area contributed by atoms with Crippen molar-refractivity contribution < 1.29 is 17.9 Å². The fourth-order valence-corrected chi connectivity index (χ4v) is 5.37. The number of likely N-dealkylation sites (tertiary alicyclic amines) is 1. The Morgan fingerprint density at radius 2 is 1.79 bits per heavy atom. The number of amides is 1. The second-order valence-corrected chi connectivity index (χ2v) is 9.28. The van der Waals surface area contributed by atoms with Gasteiger partial charge in [-0.1, -0.05) is 6.07 Å². The number of sulfonamides is 1. The van der Waals surface area contributed by atoms with Gasteiger partial charge in [-0.15, -0.1) is 0 Å². The Morgan fingerprint density at radius 3 is 2.48 bits per heavy atom. The summed E-state index contributed by atoms with van der Waals surface area (Å²) in [5, 5.41) is 0. The standard InChI is InChI=1S/C21H25N3O4S/c25-21(24-11-2-1-5-20(24)18-4-3-10-22-16-18)17-6-8-19(9-7-17)29(26,27)23-12-14-28-15-13-23/h3-4,6-10,16,20H,1-2,5,11-15H2/t20-/m0/s1. The van der Waals surface area contributed by atoms with Gasteiger partial charge in [0, 0.05) is 37.6 Å². The van der Waals surface area contributed by atoms with E-state index >= 15 is 0 Å². The first-order valence-electron chi connectivity index (χ1n) is 9.96. The predicted molar refractivity (Wildman–Crippen MR) is 108 cm³/mol. The predicted octanol–water partition coefficient (Wildman–Crippen LogP) is 2.47. The van der Waals surface area contributed by atoms with Gasteiger partial charge in [0.2, 0.25) is 10.0 Å². The van der Waals surface area contributed by atoms with E-state index in [1.165, 1.54) is 16.4 Å². The number of aromatic nitrogens is 1. The molecule has 2 aromatic rings. The normalized spacial score (nSPS) is 21.1. The Labute approximate surface area is 171 Å². The summed E-state index contributed by atoms with van der Waals surface area (Å²) in [7, 11) is -3.56. The molecule has 0 spiro atoms. The average Bonchev–Trinajstić information content (AvgIpc) is 2.80. The van der Waals surface area contributed by atoms with Crippen LogP contribution in [0.1, 0.15) is 41.2 Å². The lowest BCUT2D eigenvalue weighted by atomic mass is 9.95. The van der Waals surface area contributed by atoms with E-state index in [2.05, 4.69) is 4.98 Å². The van der Waals surface area contributed by atoms with Gasteiger partial charge >= 0.3 is 0 Å². The molecule has 1 aromatic heterocycles. The summed E-state index contributed by atoms with van der Waals surface area (Å²) in [6, 6.07) is 10.2. The number of piperidine rings is 1. The minimum absolute atomic E-state index is 0.00158. The quantitative estimate of drug-likeness (QED) is 0.766. The third-order valence-corrected chi connectivity index (χ3v) is 7.45. The summed E-state index contributed by atoms with van der Waals surface area (Å²) in [6.45, 7) is 2.19. The first kappa shape index (κ1) is 20.0. The molecule has 8 heteroatoms. The molecule has 29 heavy (non-hydrogen) atoms. The summed E-state index contributed by atoms with van der Waals surface area (Å²) in [5.41, 5.74) is 1.54. The number of ether oxygens (including phenoxy) is 1. The minimum Gasteiger partial charge on any atom is -0.379 e. The van der Waals surface area contributed by atoms with E-state index in [1.807, 2.05) is 23.2 Å². The maximum Gasteiger partial charge on any atom is 0.254 e. The van der Waals surface area contributed by atoms with Crippen molar-refractivity contribution in [2.45, 2.75) is 30.2 Å². The number of morpholine rings is 1. The van der Waals surface area contributed by atoms with Crippen molar-refractivity contribution in [2.24, 2.45) is 0 Å². The SMILES string of the molecule is O=C(c1ccc(S(=O)(=O)N2CCOCC2)cc1)N1CCCC[C@H]1c1cccnc1. The van der Waals surface area contributed by atoms with Gasteiger partial charge in [-0.05, 0) is 55.2 Å². The van der Waals surface area contributed by atoms with E-state index in [0.29, 0.717) is 38.4 Å². The molecule has 0 bridgehead atoms. The van der Waals surface area contributed by atoms with Crippen molar-refractivity contribution in [1.29, 1.82) is 0 Å². The number of carbonyl (C=O) groups excluding carboxylic acids is 1. The molecule has 154 valence electrons. The van der Waals surface area contributed by atoms with Gasteiger partial charge in [-0.25, -0.2) is 8.42 Å². The Bertz CT molecular complexity index is 942. The summed E-state index contributed by atoms with van der Waals surface area (Å²) < 4.78 is 32.2. The Balaban J connectivity index is 1.54. The van der Waals surface area contributed by atoms with Crippen LogP contribution < -0.4 is 0 Å². The molecule has 1 aromatic carbocycles. The molecule has 3 heterocycles. The molecule has 0 N–H and O–H groups in total. The molecule has 2 saturated heterocycles. The van der Waals surface area contributed by atoms with Crippen molar-refractivity contribution in [1.82, 2.24) is 14.2 Å². The van der Waals surface area contributed by atoms with E-state index in [-0.39, 0.29) is 16.8 Å². The molecular weight excluding hydrogens is 390 g/mol. The van der Waals surface area contributed by atoms with Crippen LogP contribution in [0, 0.1) is 0 Å². The molecule has 2 fully saturated rings. The zero-order chi connectivity index (χ0) is 20.3. The van der Waals surface area contributed by atoms with Crippen molar-refractivity contribution in [2.75, 3.05) is 32.8 Å². The molecule has 1 amide bonds. The van der Waals surface area contributed by atoms with Crippen LogP contribution in [-0.4, -0.2) is 61.4 Å².